The van der Waals surface area contributed by atoms with Crippen LogP contribution in [0.3, 0.4) is 0 Å². The molecule has 5 rings (SSSR count). The van der Waals surface area contributed by atoms with Gasteiger partial charge in [0.1, 0.15) is 29.3 Å². The first-order chi connectivity index (χ1) is 15.0. The zero-order valence-electron chi connectivity index (χ0n) is 16.5. The highest BCUT2D eigenvalue weighted by Gasteiger charge is 2.22. The Labute approximate surface area is 182 Å². The Balaban J connectivity index is 1.61. The molecule has 0 aliphatic rings. The topological polar surface area (TPSA) is 82.8 Å². The molecule has 0 saturated carbocycles. The van der Waals surface area contributed by atoms with Crippen LogP contribution in [-0.2, 0) is 0 Å². The van der Waals surface area contributed by atoms with Crippen molar-refractivity contribution in [3.05, 3.63) is 83.7 Å². The van der Waals surface area contributed by atoms with Crippen molar-refractivity contribution in [1.82, 2.24) is 19.7 Å². The molecule has 0 radical (unpaired) electrons. The van der Waals surface area contributed by atoms with Crippen molar-refractivity contribution < 1.29 is 8.91 Å². The zero-order chi connectivity index (χ0) is 21.5. The predicted octanol–water partition coefficient (Wildman–Crippen LogP) is 5.74. The summed E-state index contributed by atoms with van der Waals surface area (Å²) >= 11 is 6.05. The van der Waals surface area contributed by atoms with Gasteiger partial charge < -0.3 is 14.8 Å². The van der Waals surface area contributed by atoms with Crippen LogP contribution < -0.4 is 5.73 Å². The average Bonchev–Trinajstić information content (AvgIpc) is 3.40. The van der Waals surface area contributed by atoms with E-state index in [1.807, 2.05) is 42.0 Å². The molecule has 0 aliphatic heterocycles. The highest BCUT2D eigenvalue weighted by Crippen LogP contribution is 2.36. The molecule has 154 valence electrons. The molecule has 3 heterocycles. The van der Waals surface area contributed by atoms with Crippen LogP contribution in [0.15, 0.2) is 71.6 Å². The minimum atomic E-state index is -0.328. The van der Waals surface area contributed by atoms with Crippen LogP contribution in [0.5, 0.6) is 0 Å². The van der Waals surface area contributed by atoms with Crippen molar-refractivity contribution >= 4 is 28.5 Å². The number of nitrogens with zero attached hydrogens (tertiary/aromatic N) is 4. The van der Waals surface area contributed by atoms with Crippen molar-refractivity contribution in [3.63, 3.8) is 0 Å². The molecule has 0 spiro atoms. The number of fused-ring (bicyclic) bond motifs is 1. The lowest BCUT2D eigenvalue weighted by Gasteiger charge is -2.11. The van der Waals surface area contributed by atoms with Gasteiger partial charge in [-0.3, -0.25) is 0 Å². The number of nitrogens with two attached hydrogens (primary N) is 1. The van der Waals surface area contributed by atoms with E-state index in [1.54, 1.807) is 18.2 Å². The monoisotopic (exact) mass is 433 g/mol. The number of hydrogen-bond acceptors (Lipinski definition) is 5. The van der Waals surface area contributed by atoms with Crippen LogP contribution in [0, 0.1) is 5.82 Å². The van der Waals surface area contributed by atoms with Crippen LogP contribution in [0.1, 0.15) is 18.7 Å². The third kappa shape index (κ3) is 3.43. The van der Waals surface area contributed by atoms with Gasteiger partial charge in [0.25, 0.3) is 0 Å². The second-order valence-electron chi connectivity index (χ2n) is 7.22. The highest BCUT2D eigenvalue weighted by atomic mass is 35.5. The van der Waals surface area contributed by atoms with Crippen molar-refractivity contribution in [2.45, 2.75) is 13.0 Å². The fraction of sp³-hybridized carbons (Fsp3) is 0.0870. The molecule has 2 N–H and O–H groups in total. The Morgan fingerprint density at radius 1 is 1.06 bits per heavy atom. The summed E-state index contributed by atoms with van der Waals surface area (Å²) in [6.45, 7) is 1.97. The Kier molecular flexibility index (Phi) is 4.67. The minimum absolute atomic E-state index is 0.243. The molecule has 0 fully saturated rings. The van der Waals surface area contributed by atoms with Crippen molar-refractivity contribution in [2.24, 2.45) is 0 Å². The van der Waals surface area contributed by atoms with E-state index in [4.69, 9.17) is 21.9 Å². The van der Waals surface area contributed by atoms with Crippen LogP contribution in [-0.4, -0.2) is 19.7 Å². The summed E-state index contributed by atoms with van der Waals surface area (Å²) in [4.78, 5) is 8.63. The lowest BCUT2D eigenvalue weighted by atomic mass is 10.1. The quantitative estimate of drug-likeness (QED) is 0.391. The molecule has 5 aromatic rings. The largest absolute Gasteiger partial charge is 0.383 e. The van der Waals surface area contributed by atoms with Crippen LogP contribution >= 0.6 is 11.6 Å². The number of aromatic nitrogens is 4. The van der Waals surface area contributed by atoms with Gasteiger partial charge in [0.05, 0.1) is 11.4 Å². The van der Waals surface area contributed by atoms with Gasteiger partial charge in [-0.05, 0) is 36.8 Å². The average molecular weight is 434 g/mol. The van der Waals surface area contributed by atoms with E-state index >= 15 is 0 Å². The summed E-state index contributed by atoms with van der Waals surface area (Å²) in [6.07, 6.45) is 3.40. The fourth-order valence-corrected chi connectivity index (χ4v) is 3.79. The SMILES string of the molecule is CC(c1cc(-c2cccc(F)c2)no1)n1cc(-c2ccc(Cl)cc2)c2c(N)ncnc21. The summed E-state index contributed by atoms with van der Waals surface area (Å²) in [5.41, 5.74) is 9.92. The molecular weight excluding hydrogens is 417 g/mol. The molecular formula is C23H17ClFN5O. The van der Waals surface area contributed by atoms with E-state index in [1.165, 1.54) is 18.5 Å². The van der Waals surface area contributed by atoms with E-state index in [2.05, 4.69) is 15.1 Å². The van der Waals surface area contributed by atoms with Crippen molar-refractivity contribution in [3.8, 4) is 22.4 Å². The number of benzene rings is 2. The summed E-state index contributed by atoms with van der Waals surface area (Å²) < 4.78 is 21.2. The molecule has 6 nitrogen and oxygen atoms in total. The maximum absolute atomic E-state index is 13.6. The predicted molar refractivity (Wildman–Crippen MR) is 118 cm³/mol. The maximum atomic E-state index is 13.6. The molecule has 1 atom stereocenters. The van der Waals surface area contributed by atoms with Gasteiger partial charge in [-0.15, -0.1) is 0 Å². The lowest BCUT2D eigenvalue weighted by molar-refractivity contribution is 0.356. The summed E-state index contributed by atoms with van der Waals surface area (Å²) in [7, 11) is 0. The number of hydrogen-bond donors (Lipinski definition) is 1. The highest BCUT2D eigenvalue weighted by molar-refractivity contribution is 6.30. The lowest BCUT2D eigenvalue weighted by Crippen LogP contribution is -2.05. The first-order valence-corrected chi connectivity index (χ1v) is 9.98. The third-order valence-electron chi connectivity index (χ3n) is 5.27. The zero-order valence-corrected chi connectivity index (χ0v) is 17.2. The van der Waals surface area contributed by atoms with Gasteiger partial charge in [0.2, 0.25) is 0 Å². The molecule has 31 heavy (non-hydrogen) atoms. The summed E-state index contributed by atoms with van der Waals surface area (Å²) in [5.74, 6) is 0.668. The molecule has 2 aromatic carbocycles. The van der Waals surface area contributed by atoms with E-state index < -0.39 is 0 Å². The van der Waals surface area contributed by atoms with Crippen molar-refractivity contribution in [1.29, 1.82) is 0 Å². The second-order valence-corrected chi connectivity index (χ2v) is 7.65. The minimum Gasteiger partial charge on any atom is -0.383 e. The van der Waals surface area contributed by atoms with E-state index in [-0.39, 0.29) is 11.9 Å². The molecule has 0 aliphatic carbocycles. The first-order valence-electron chi connectivity index (χ1n) is 9.61. The van der Waals surface area contributed by atoms with E-state index in [0.717, 1.165) is 16.5 Å². The van der Waals surface area contributed by atoms with E-state index in [0.29, 0.717) is 33.5 Å². The third-order valence-corrected chi connectivity index (χ3v) is 5.52. The fourth-order valence-electron chi connectivity index (χ4n) is 3.66. The summed E-state index contributed by atoms with van der Waals surface area (Å²) in [5, 5.41) is 5.52. The van der Waals surface area contributed by atoms with Gasteiger partial charge in [-0.2, -0.15) is 0 Å². The molecule has 8 heteroatoms. The molecule has 0 amide bonds. The van der Waals surface area contributed by atoms with Crippen LogP contribution in [0.4, 0.5) is 10.2 Å². The first kappa shape index (κ1) is 19.3. The van der Waals surface area contributed by atoms with Gasteiger partial charge in [0.15, 0.2) is 5.76 Å². The van der Waals surface area contributed by atoms with Gasteiger partial charge >= 0.3 is 0 Å². The Hall–Kier alpha value is -3.71. The number of rotatable bonds is 4. The maximum Gasteiger partial charge on any atom is 0.159 e. The van der Waals surface area contributed by atoms with Crippen molar-refractivity contribution in [2.75, 3.05) is 5.73 Å². The Bertz CT molecular complexity index is 1390. The van der Waals surface area contributed by atoms with E-state index in [9.17, 15) is 4.39 Å². The van der Waals surface area contributed by atoms with Gasteiger partial charge in [-0.1, -0.05) is 41.0 Å². The molecule has 0 bridgehead atoms. The van der Waals surface area contributed by atoms with Crippen LogP contribution in [0.2, 0.25) is 5.02 Å². The molecule has 0 saturated heterocycles. The second kappa shape index (κ2) is 7.52. The van der Waals surface area contributed by atoms with Crippen LogP contribution in [0.25, 0.3) is 33.4 Å². The Morgan fingerprint density at radius 3 is 2.65 bits per heavy atom. The van der Waals surface area contributed by atoms with Gasteiger partial charge in [0, 0.05) is 28.4 Å². The summed E-state index contributed by atoms with van der Waals surface area (Å²) in [6, 6.07) is 15.3. The number of anilines is 1. The molecule has 3 aromatic heterocycles. The van der Waals surface area contributed by atoms with Gasteiger partial charge in [-0.25, -0.2) is 14.4 Å². The Morgan fingerprint density at radius 2 is 1.87 bits per heavy atom. The molecule has 1 unspecified atom stereocenters. The smallest absolute Gasteiger partial charge is 0.159 e. The standard InChI is InChI=1S/C23H17ClFN5O/c1-13(20-10-19(29-31-20)15-3-2-4-17(25)9-15)30-11-18(14-5-7-16(24)8-6-14)21-22(26)27-12-28-23(21)30/h2-13H,1H3,(H2,26,27,28). The number of nitrogen functional groups attached to an aromatic ring is 1. The number of halogens is 2. The normalized spacial score (nSPS) is 12.4.